The van der Waals surface area contributed by atoms with Gasteiger partial charge >= 0.3 is 5.97 Å². The van der Waals surface area contributed by atoms with Crippen LogP contribution in [0.15, 0.2) is 18.2 Å². The summed E-state index contributed by atoms with van der Waals surface area (Å²) in [4.78, 5) is 22.9. The Kier molecular flexibility index (Phi) is 4.06. The second kappa shape index (κ2) is 5.85. The Bertz CT molecular complexity index is 603. The van der Waals surface area contributed by atoms with E-state index in [0.717, 1.165) is 0 Å². The first kappa shape index (κ1) is 15.2. The van der Waals surface area contributed by atoms with Crippen LogP contribution in [-0.4, -0.2) is 35.2 Å². The van der Waals surface area contributed by atoms with Crippen LogP contribution >= 0.6 is 11.6 Å². The van der Waals surface area contributed by atoms with Crippen molar-refractivity contribution in [2.45, 2.75) is 43.4 Å². The van der Waals surface area contributed by atoms with Crippen LogP contribution in [0.4, 0.5) is 4.39 Å². The first-order valence-corrected chi connectivity index (χ1v) is 7.47. The third kappa shape index (κ3) is 2.94. The van der Waals surface area contributed by atoms with Gasteiger partial charge in [0, 0.05) is 22.5 Å². The summed E-state index contributed by atoms with van der Waals surface area (Å²) in [6.45, 7) is 0. The SMILES string of the molecule is O=C(NC1CC1c1c(F)cccc1Cl)[C@@H]1CC[C@H](C(=O)O)O1. The summed E-state index contributed by atoms with van der Waals surface area (Å²) in [5.41, 5.74) is 0.421. The standard InChI is InChI=1S/C15H15ClFNO4/c16-8-2-1-3-9(17)13(8)7-6-10(7)18-14(19)11-4-5-12(22-11)15(20)21/h1-3,7,10-12H,4-6H2,(H,18,19)(H,20,21)/t7?,10?,11-,12+/m0/s1. The van der Waals surface area contributed by atoms with Crippen molar-refractivity contribution in [1.29, 1.82) is 0 Å². The lowest BCUT2D eigenvalue weighted by Gasteiger charge is -2.12. The Hall–Kier alpha value is -1.66. The van der Waals surface area contributed by atoms with E-state index < -0.39 is 18.2 Å². The Morgan fingerprint density at radius 1 is 1.32 bits per heavy atom. The summed E-state index contributed by atoms with van der Waals surface area (Å²) in [6.07, 6.45) is -0.367. The number of rotatable bonds is 4. The summed E-state index contributed by atoms with van der Waals surface area (Å²) in [7, 11) is 0. The molecule has 2 aliphatic rings. The highest BCUT2D eigenvalue weighted by Gasteiger charge is 2.44. The summed E-state index contributed by atoms with van der Waals surface area (Å²) < 4.78 is 19.0. The average Bonchev–Trinajstić information content (AvgIpc) is 3.02. The fraction of sp³-hybridized carbons (Fsp3) is 0.467. The summed E-state index contributed by atoms with van der Waals surface area (Å²) in [5, 5.41) is 12.0. The predicted octanol–water partition coefficient (Wildman–Crippen LogP) is 2.08. The molecule has 118 valence electrons. The summed E-state index contributed by atoms with van der Waals surface area (Å²) >= 11 is 6.00. The molecule has 1 saturated heterocycles. The molecule has 2 unspecified atom stereocenters. The van der Waals surface area contributed by atoms with Crippen molar-refractivity contribution in [2.75, 3.05) is 0 Å². The lowest BCUT2D eigenvalue weighted by molar-refractivity contribution is -0.151. The molecule has 1 saturated carbocycles. The smallest absolute Gasteiger partial charge is 0.332 e. The molecular weight excluding hydrogens is 313 g/mol. The lowest BCUT2D eigenvalue weighted by Crippen LogP contribution is -2.37. The van der Waals surface area contributed by atoms with Crippen LogP contribution in [0.25, 0.3) is 0 Å². The number of carbonyl (C=O) groups excluding carboxylic acids is 1. The van der Waals surface area contributed by atoms with Crippen molar-refractivity contribution in [3.05, 3.63) is 34.6 Å². The van der Waals surface area contributed by atoms with E-state index >= 15 is 0 Å². The summed E-state index contributed by atoms with van der Waals surface area (Å²) in [5.74, 6) is -1.92. The van der Waals surface area contributed by atoms with Crippen molar-refractivity contribution >= 4 is 23.5 Å². The number of amides is 1. The van der Waals surface area contributed by atoms with E-state index in [1.165, 1.54) is 12.1 Å². The van der Waals surface area contributed by atoms with E-state index in [1.807, 2.05) is 0 Å². The number of hydrogen-bond donors (Lipinski definition) is 2. The molecular formula is C15H15ClFNO4. The highest BCUT2D eigenvalue weighted by Crippen LogP contribution is 2.45. The molecule has 1 aliphatic carbocycles. The monoisotopic (exact) mass is 327 g/mol. The topological polar surface area (TPSA) is 75.6 Å². The average molecular weight is 328 g/mol. The number of carboxylic acid groups (broad SMARTS) is 1. The van der Waals surface area contributed by atoms with Crippen LogP contribution in [0.1, 0.15) is 30.7 Å². The van der Waals surface area contributed by atoms with Gasteiger partial charge < -0.3 is 15.2 Å². The molecule has 0 radical (unpaired) electrons. The number of carboxylic acids is 1. The predicted molar refractivity (Wildman–Crippen MR) is 76.2 cm³/mol. The quantitative estimate of drug-likeness (QED) is 0.888. The number of carbonyl (C=O) groups is 2. The molecule has 7 heteroatoms. The van der Waals surface area contributed by atoms with Gasteiger partial charge in [0.2, 0.25) is 5.91 Å². The molecule has 1 heterocycles. The highest BCUT2D eigenvalue weighted by atomic mass is 35.5. The van der Waals surface area contributed by atoms with Gasteiger partial charge in [-0.2, -0.15) is 0 Å². The molecule has 5 nitrogen and oxygen atoms in total. The minimum atomic E-state index is -1.06. The van der Waals surface area contributed by atoms with Crippen LogP contribution in [0.2, 0.25) is 5.02 Å². The minimum absolute atomic E-state index is 0.144. The van der Waals surface area contributed by atoms with Gasteiger partial charge in [0.15, 0.2) is 6.10 Å². The number of benzene rings is 1. The molecule has 0 spiro atoms. The van der Waals surface area contributed by atoms with Crippen molar-refractivity contribution < 1.29 is 23.8 Å². The Morgan fingerprint density at radius 3 is 2.68 bits per heavy atom. The number of nitrogens with one attached hydrogen (secondary N) is 1. The zero-order valence-electron chi connectivity index (χ0n) is 11.6. The van der Waals surface area contributed by atoms with Crippen molar-refractivity contribution in [2.24, 2.45) is 0 Å². The fourth-order valence-electron chi connectivity index (χ4n) is 2.83. The maximum Gasteiger partial charge on any atom is 0.332 e. The number of ether oxygens (including phenoxy) is 1. The molecule has 0 bridgehead atoms. The zero-order valence-corrected chi connectivity index (χ0v) is 12.3. The van der Waals surface area contributed by atoms with E-state index in [-0.39, 0.29) is 23.7 Å². The highest BCUT2D eigenvalue weighted by molar-refractivity contribution is 6.31. The Balaban J connectivity index is 1.58. The van der Waals surface area contributed by atoms with Gasteiger partial charge in [-0.05, 0) is 31.4 Å². The largest absolute Gasteiger partial charge is 0.479 e. The van der Waals surface area contributed by atoms with Crippen LogP contribution in [0.5, 0.6) is 0 Å². The number of aliphatic carboxylic acids is 1. The van der Waals surface area contributed by atoms with Gasteiger partial charge in [0.05, 0.1) is 0 Å². The maximum atomic E-state index is 13.8. The van der Waals surface area contributed by atoms with E-state index in [0.29, 0.717) is 29.8 Å². The third-order valence-corrected chi connectivity index (χ3v) is 4.41. The molecule has 1 aromatic carbocycles. The van der Waals surface area contributed by atoms with Gasteiger partial charge in [-0.25, -0.2) is 9.18 Å². The van der Waals surface area contributed by atoms with E-state index in [9.17, 15) is 14.0 Å². The van der Waals surface area contributed by atoms with Crippen LogP contribution in [-0.2, 0) is 14.3 Å². The van der Waals surface area contributed by atoms with Gasteiger partial charge in [-0.15, -0.1) is 0 Å². The van der Waals surface area contributed by atoms with Gasteiger partial charge in [0.25, 0.3) is 0 Å². The molecule has 4 atom stereocenters. The van der Waals surface area contributed by atoms with Gasteiger partial charge in [-0.1, -0.05) is 17.7 Å². The van der Waals surface area contributed by atoms with Crippen molar-refractivity contribution in [3.63, 3.8) is 0 Å². The molecule has 1 amide bonds. The molecule has 1 aromatic rings. The van der Waals surface area contributed by atoms with Gasteiger partial charge in [0.1, 0.15) is 11.9 Å². The van der Waals surface area contributed by atoms with E-state index in [2.05, 4.69) is 5.32 Å². The van der Waals surface area contributed by atoms with Crippen molar-refractivity contribution in [1.82, 2.24) is 5.32 Å². The second-order valence-corrected chi connectivity index (χ2v) is 6.03. The second-order valence-electron chi connectivity index (χ2n) is 5.62. The molecule has 2 N–H and O–H groups in total. The molecule has 22 heavy (non-hydrogen) atoms. The Labute approximate surface area is 131 Å². The first-order valence-electron chi connectivity index (χ1n) is 7.10. The maximum absolute atomic E-state index is 13.8. The normalized spacial score (nSPS) is 30.1. The molecule has 1 aliphatic heterocycles. The lowest BCUT2D eigenvalue weighted by atomic mass is 10.1. The Morgan fingerprint density at radius 2 is 2.05 bits per heavy atom. The molecule has 2 fully saturated rings. The first-order chi connectivity index (χ1) is 10.5. The fourth-order valence-corrected chi connectivity index (χ4v) is 3.13. The summed E-state index contributed by atoms with van der Waals surface area (Å²) in [6, 6.07) is 4.31. The number of halogens is 2. The van der Waals surface area contributed by atoms with Crippen LogP contribution < -0.4 is 5.32 Å². The molecule has 0 aromatic heterocycles. The third-order valence-electron chi connectivity index (χ3n) is 4.08. The molecule has 3 rings (SSSR count). The van der Waals surface area contributed by atoms with Gasteiger partial charge in [-0.3, -0.25) is 4.79 Å². The van der Waals surface area contributed by atoms with E-state index in [4.69, 9.17) is 21.4 Å². The minimum Gasteiger partial charge on any atom is -0.479 e. The van der Waals surface area contributed by atoms with Crippen molar-refractivity contribution in [3.8, 4) is 0 Å². The van der Waals surface area contributed by atoms with Crippen LogP contribution in [0.3, 0.4) is 0 Å². The van der Waals surface area contributed by atoms with Crippen LogP contribution in [0, 0.1) is 5.82 Å². The van der Waals surface area contributed by atoms with E-state index in [1.54, 1.807) is 6.07 Å². The zero-order chi connectivity index (χ0) is 15.9. The number of hydrogen-bond acceptors (Lipinski definition) is 3.